The van der Waals surface area contributed by atoms with Gasteiger partial charge in [0.25, 0.3) is 5.72 Å². The van der Waals surface area contributed by atoms with Crippen LogP contribution in [0.15, 0.2) is 41.8 Å². The second-order valence-electron chi connectivity index (χ2n) is 6.12. The maximum absolute atomic E-state index is 13.9. The number of phenolic OH excluding ortho intramolecular Hbond substituents is 1. The Labute approximate surface area is 155 Å². The molecule has 27 heavy (non-hydrogen) atoms. The highest BCUT2D eigenvalue weighted by Gasteiger charge is 2.69. The van der Waals surface area contributed by atoms with Crippen LogP contribution in [0.5, 0.6) is 5.75 Å². The molecule has 2 heterocycles. The van der Waals surface area contributed by atoms with Crippen molar-refractivity contribution in [2.45, 2.75) is 17.9 Å². The molecule has 1 saturated heterocycles. The molecule has 10 heteroatoms. The predicted molar refractivity (Wildman–Crippen MR) is 90.3 cm³/mol. The molecule has 2 amide bonds. The minimum atomic E-state index is -5.29. The van der Waals surface area contributed by atoms with Gasteiger partial charge in [0.05, 0.1) is 10.9 Å². The summed E-state index contributed by atoms with van der Waals surface area (Å²) in [6, 6.07) is 5.25. The maximum Gasteiger partial charge on any atom is 0.437 e. The third-order valence-electron chi connectivity index (χ3n) is 4.58. The summed E-state index contributed by atoms with van der Waals surface area (Å²) < 4.78 is 41.7. The van der Waals surface area contributed by atoms with Crippen LogP contribution in [0, 0.1) is 5.92 Å². The Bertz CT molecular complexity index is 854. The molecule has 0 bridgehead atoms. The highest BCUT2D eigenvalue weighted by atomic mass is 32.1. The van der Waals surface area contributed by atoms with E-state index in [1.807, 2.05) is 0 Å². The predicted octanol–water partition coefficient (Wildman–Crippen LogP) is 2.90. The number of hydrogen-bond donors (Lipinski definition) is 3. The fourth-order valence-corrected chi connectivity index (χ4v) is 3.84. The summed E-state index contributed by atoms with van der Waals surface area (Å²) in [4.78, 5) is 25.2. The molecule has 3 rings (SSSR count). The SMILES string of the molecule is CN1C(=O)N[C@H](c2ccc(O)cc2)[C@H](C(=O)c2cccs2)[C@@]1(O)C(F)(F)F. The Hall–Kier alpha value is -2.59. The molecule has 1 aliphatic heterocycles. The number of nitrogens with zero attached hydrogens (tertiary/aromatic N) is 1. The second-order valence-corrected chi connectivity index (χ2v) is 7.07. The first-order valence-electron chi connectivity index (χ1n) is 7.77. The number of rotatable bonds is 3. The van der Waals surface area contributed by atoms with Crippen molar-refractivity contribution < 1.29 is 33.0 Å². The van der Waals surface area contributed by atoms with Gasteiger partial charge in [-0.1, -0.05) is 18.2 Å². The number of benzene rings is 1. The molecule has 2 aromatic rings. The van der Waals surface area contributed by atoms with Crippen LogP contribution in [-0.4, -0.2) is 45.9 Å². The standard InChI is InChI=1S/C17H15F3N2O4S/c1-22-15(25)21-13(9-4-6-10(23)7-5-9)12(16(22,26)17(18,19)20)14(24)11-3-2-8-27-11/h2-8,12-13,23,26H,1H3,(H,21,25)/t12-,13-,16-/m1/s1. The first-order valence-corrected chi connectivity index (χ1v) is 8.65. The summed E-state index contributed by atoms with van der Waals surface area (Å²) in [6.45, 7) is 0. The van der Waals surface area contributed by atoms with Crippen LogP contribution in [0.3, 0.4) is 0 Å². The lowest BCUT2D eigenvalue weighted by Gasteiger charge is -2.49. The van der Waals surface area contributed by atoms with E-state index < -0.39 is 35.7 Å². The van der Waals surface area contributed by atoms with Gasteiger partial charge in [0.15, 0.2) is 5.78 Å². The molecule has 144 valence electrons. The molecule has 1 aromatic heterocycles. The lowest BCUT2D eigenvalue weighted by molar-refractivity contribution is -0.322. The Balaban J connectivity index is 2.19. The smallest absolute Gasteiger partial charge is 0.437 e. The third kappa shape index (κ3) is 3.04. The van der Waals surface area contributed by atoms with Crippen LogP contribution in [0.4, 0.5) is 18.0 Å². The normalized spacial score (nSPS) is 26.0. The number of hydrogen-bond acceptors (Lipinski definition) is 5. The largest absolute Gasteiger partial charge is 0.508 e. The zero-order valence-electron chi connectivity index (χ0n) is 13.9. The van der Waals surface area contributed by atoms with Gasteiger partial charge in [-0.15, -0.1) is 11.3 Å². The first-order chi connectivity index (χ1) is 12.6. The number of carbonyl (C=O) groups is 2. The van der Waals surface area contributed by atoms with E-state index >= 15 is 0 Å². The zero-order chi connectivity index (χ0) is 20.0. The number of Topliss-reactive ketones (excluding diaryl/α,β-unsaturated/α-hetero) is 1. The average Bonchev–Trinajstić information content (AvgIpc) is 3.13. The Morgan fingerprint density at radius 2 is 1.89 bits per heavy atom. The van der Waals surface area contributed by atoms with Crippen LogP contribution in [0.2, 0.25) is 0 Å². The number of urea groups is 1. The number of phenols is 1. The maximum atomic E-state index is 13.9. The summed E-state index contributed by atoms with van der Waals surface area (Å²) >= 11 is 0.939. The summed E-state index contributed by atoms with van der Waals surface area (Å²) in [7, 11) is 0.782. The molecule has 0 saturated carbocycles. The van der Waals surface area contributed by atoms with E-state index in [9.17, 15) is 33.0 Å². The third-order valence-corrected chi connectivity index (χ3v) is 5.46. The highest BCUT2D eigenvalue weighted by Crippen LogP contribution is 2.47. The molecule has 3 atom stereocenters. The van der Waals surface area contributed by atoms with Crippen molar-refractivity contribution >= 4 is 23.2 Å². The lowest BCUT2D eigenvalue weighted by atomic mass is 9.78. The van der Waals surface area contributed by atoms with Crippen LogP contribution in [-0.2, 0) is 0 Å². The number of amides is 2. The fraction of sp³-hybridized carbons (Fsp3) is 0.294. The molecule has 0 unspecified atom stereocenters. The number of alkyl halides is 3. The van der Waals surface area contributed by atoms with E-state index in [0.29, 0.717) is 0 Å². The summed E-state index contributed by atoms with van der Waals surface area (Å²) in [5.41, 5.74) is -3.56. The first kappa shape index (κ1) is 19.2. The number of thiophene rings is 1. The monoisotopic (exact) mass is 400 g/mol. The minimum absolute atomic E-state index is 0.0241. The molecule has 1 aromatic carbocycles. The van der Waals surface area contributed by atoms with Crippen molar-refractivity contribution in [1.29, 1.82) is 0 Å². The van der Waals surface area contributed by atoms with Gasteiger partial charge in [0.2, 0.25) is 0 Å². The van der Waals surface area contributed by atoms with Gasteiger partial charge in [-0.25, -0.2) is 4.79 Å². The minimum Gasteiger partial charge on any atom is -0.508 e. The Morgan fingerprint density at radius 3 is 2.41 bits per heavy atom. The van der Waals surface area contributed by atoms with Gasteiger partial charge >= 0.3 is 12.2 Å². The number of aliphatic hydroxyl groups is 1. The van der Waals surface area contributed by atoms with Crippen LogP contribution >= 0.6 is 11.3 Å². The Morgan fingerprint density at radius 1 is 1.26 bits per heavy atom. The topological polar surface area (TPSA) is 89.9 Å². The van der Waals surface area contributed by atoms with Crippen LogP contribution < -0.4 is 5.32 Å². The van der Waals surface area contributed by atoms with Gasteiger partial charge in [0.1, 0.15) is 11.7 Å². The molecule has 0 radical (unpaired) electrons. The van der Waals surface area contributed by atoms with Crippen molar-refractivity contribution in [3.63, 3.8) is 0 Å². The summed E-state index contributed by atoms with van der Waals surface area (Å²) in [5.74, 6) is -3.14. The van der Waals surface area contributed by atoms with Gasteiger partial charge in [-0.05, 0) is 29.1 Å². The van der Waals surface area contributed by atoms with Crippen molar-refractivity contribution in [1.82, 2.24) is 10.2 Å². The Kier molecular flexibility index (Phi) is 4.64. The van der Waals surface area contributed by atoms with E-state index in [0.717, 1.165) is 18.4 Å². The number of nitrogens with one attached hydrogen (secondary N) is 1. The van der Waals surface area contributed by atoms with E-state index in [1.54, 1.807) is 0 Å². The molecule has 3 N–H and O–H groups in total. The van der Waals surface area contributed by atoms with Crippen molar-refractivity contribution in [2.75, 3.05) is 7.05 Å². The number of aromatic hydroxyl groups is 1. The molecule has 0 aliphatic carbocycles. The molecular formula is C17H15F3N2O4S. The number of carbonyl (C=O) groups excluding carboxylic acids is 2. The molecule has 1 fully saturated rings. The van der Waals surface area contributed by atoms with Gasteiger partial charge in [0, 0.05) is 7.05 Å². The lowest BCUT2D eigenvalue weighted by Crippen LogP contribution is -2.72. The molecule has 1 aliphatic rings. The quantitative estimate of drug-likeness (QED) is 0.691. The van der Waals surface area contributed by atoms with E-state index in [-0.39, 0.29) is 21.1 Å². The molecule has 6 nitrogen and oxygen atoms in total. The summed E-state index contributed by atoms with van der Waals surface area (Å²) in [5, 5.41) is 23.9. The number of halogens is 3. The van der Waals surface area contributed by atoms with E-state index in [4.69, 9.17) is 0 Å². The van der Waals surface area contributed by atoms with Gasteiger partial charge in [-0.3, -0.25) is 9.69 Å². The highest BCUT2D eigenvalue weighted by molar-refractivity contribution is 7.12. The van der Waals surface area contributed by atoms with Crippen LogP contribution in [0.25, 0.3) is 0 Å². The zero-order valence-corrected chi connectivity index (χ0v) is 14.7. The fourth-order valence-electron chi connectivity index (χ4n) is 3.14. The van der Waals surface area contributed by atoms with E-state index in [1.165, 1.54) is 41.8 Å². The van der Waals surface area contributed by atoms with Gasteiger partial charge in [-0.2, -0.15) is 13.2 Å². The average molecular weight is 400 g/mol. The molecular weight excluding hydrogens is 385 g/mol. The van der Waals surface area contributed by atoms with E-state index in [2.05, 4.69) is 5.32 Å². The summed E-state index contributed by atoms with van der Waals surface area (Å²) in [6.07, 6.45) is -5.29. The second kappa shape index (κ2) is 6.54. The van der Waals surface area contributed by atoms with Gasteiger partial charge < -0.3 is 15.5 Å². The van der Waals surface area contributed by atoms with Crippen molar-refractivity contribution in [2.24, 2.45) is 5.92 Å². The van der Waals surface area contributed by atoms with Crippen LogP contribution in [0.1, 0.15) is 21.3 Å². The van der Waals surface area contributed by atoms with Crippen molar-refractivity contribution in [3.8, 4) is 5.75 Å². The molecule has 0 spiro atoms. The van der Waals surface area contributed by atoms with Crippen molar-refractivity contribution in [3.05, 3.63) is 52.2 Å². The number of ketones is 1.